The number of amides is 2. The molecule has 5 rings (SSSR count). The fraction of sp³-hybridized carbons (Fsp3) is 0.346. The maximum atomic E-state index is 13.1. The van der Waals surface area contributed by atoms with Gasteiger partial charge in [-0.3, -0.25) is 9.59 Å². The number of benzene rings is 2. The Labute approximate surface area is 213 Å². The number of anilines is 1. The molecule has 2 aromatic carbocycles. The fourth-order valence-corrected chi connectivity index (χ4v) is 5.25. The number of aryl methyl sites for hydroxylation is 1. The highest BCUT2D eigenvalue weighted by Crippen LogP contribution is 2.31. The number of hydrogen-bond acceptors (Lipinski definition) is 4. The standard InChI is InChI=1S/C26H26Cl2N4O3/c27-20-8-5-16(13-21(20)28)25(34)30-17-6-7-19(24(33)14-17)26(35)31-11-9-18(10-12-31)32-15-29-22-3-1-2-4-23(22)32/h5-8,13-15,18,33H,1-4,9-12H2,(H,30,34). The van der Waals surface area contributed by atoms with Crippen LogP contribution in [0.3, 0.4) is 0 Å². The second-order valence-corrected chi connectivity index (χ2v) is 9.91. The Bertz CT molecular complexity index is 1280. The van der Waals surface area contributed by atoms with E-state index in [2.05, 4.69) is 14.9 Å². The molecular weight excluding hydrogens is 487 g/mol. The monoisotopic (exact) mass is 512 g/mol. The summed E-state index contributed by atoms with van der Waals surface area (Å²) in [5.41, 5.74) is 3.51. The van der Waals surface area contributed by atoms with Crippen LogP contribution in [0.4, 0.5) is 5.69 Å². The van der Waals surface area contributed by atoms with Gasteiger partial charge in [-0.2, -0.15) is 0 Å². The zero-order valence-corrected chi connectivity index (χ0v) is 20.6. The van der Waals surface area contributed by atoms with E-state index in [1.807, 2.05) is 6.33 Å². The number of carbonyl (C=O) groups excluding carboxylic acids is 2. The molecule has 2 N–H and O–H groups in total. The molecule has 3 aromatic rings. The number of phenols is 1. The summed E-state index contributed by atoms with van der Waals surface area (Å²) in [6, 6.07) is 9.45. The van der Waals surface area contributed by atoms with Crippen molar-refractivity contribution in [2.75, 3.05) is 18.4 Å². The molecule has 0 bridgehead atoms. The lowest BCUT2D eigenvalue weighted by Crippen LogP contribution is -2.39. The number of nitrogens with zero attached hydrogens (tertiary/aromatic N) is 3. The number of piperidine rings is 1. The van der Waals surface area contributed by atoms with E-state index in [1.165, 1.54) is 36.4 Å². The highest BCUT2D eigenvalue weighted by molar-refractivity contribution is 6.42. The number of likely N-dealkylation sites (tertiary alicyclic amines) is 1. The summed E-state index contributed by atoms with van der Waals surface area (Å²) >= 11 is 11.9. The Hall–Kier alpha value is -3.03. The van der Waals surface area contributed by atoms with E-state index in [1.54, 1.807) is 29.2 Å². The van der Waals surface area contributed by atoms with Crippen LogP contribution in [-0.4, -0.2) is 44.5 Å². The summed E-state index contributed by atoms with van der Waals surface area (Å²) in [5, 5.41) is 13.9. The number of carbonyl (C=O) groups is 2. The van der Waals surface area contributed by atoms with Crippen LogP contribution in [0, 0.1) is 0 Å². The van der Waals surface area contributed by atoms with Crippen molar-refractivity contribution < 1.29 is 14.7 Å². The lowest BCUT2D eigenvalue weighted by molar-refractivity contribution is 0.0690. The van der Waals surface area contributed by atoms with Crippen molar-refractivity contribution in [1.82, 2.24) is 14.5 Å². The summed E-state index contributed by atoms with van der Waals surface area (Å²) in [5.74, 6) is -0.783. The van der Waals surface area contributed by atoms with Gasteiger partial charge in [0.25, 0.3) is 11.8 Å². The quantitative estimate of drug-likeness (QED) is 0.482. The van der Waals surface area contributed by atoms with Gasteiger partial charge in [-0.15, -0.1) is 0 Å². The maximum absolute atomic E-state index is 13.1. The molecule has 2 aliphatic rings. The van der Waals surface area contributed by atoms with Gasteiger partial charge >= 0.3 is 0 Å². The number of hydrogen-bond donors (Lipinski definition) is 2. The minimum Gasteiger partial charge on any atom is -0.507 e. The summed E-state index contributed by atoms with van der Waals surface area (Å²) in [6.45, 7) is 1.23. The smallest absolute Gasteiger partial charge is 0.257 e. The number of phenolic OH excluding ortho intramolecular Hbond substituents is 1. The number of aromatic hydroxyl groups is 1. The minimum atomic E-state index is -0.397. The van der Waals surface area contributed by atoms with Crippen LogP contribution in [-0.2, 0) is 12.8 Å². The van der Waals surface area contributed by atoms with Gasteiger partial charge in [-0.05, 0) is 68.9 Å². The predicted octanol–water partition coefficient (Wildman–Crippen LogP) is 5.50. The minimum absolute atomic E-state index is 0.173. The molecule has 0 spiro atoms. The molecule has 1 saturated heterocycles. The van der Waals surface area contributed by atoms with Gasteiger partial charge in [-0.1, -0.05) is 23.2 Å². The lowest BCUT2D eigenvalue weighted by Gasteiger charge is -2.34. The molecule has 2 amide bonds. The van der Waals surface area contributed by atoms with E-state index in [9.17, 15) is 14.7 Å². The first-order valence-corrected chi connectivity index (χ1v) is 12.6. The second-order valence-electron chi connectivity index (χ2n) is 9.09. The van der Waals surface area contributed by atoms with E-state index < -0.39 is 5.91 Å². The maximum Gasteiger partial charge on any atom is 0.257 e. The Kier molecular flexibility index (Phi) is 6.71. The zero-order chi connectivity index (χ0) is 24.5. The number of halogens is 2. The Morgan fingerprint density at radius 2 is 1.77 bits per heavy atom. The highest BCUT2D eigenvalue weighted by atomic mass is 35.5. The van der Waals surface area contributed by atoms with Crippen LogP contribution >= 0.6 is 23.2 Å². The van der Waals surface area contributed by atoms with E-state index in [-0.39, 0.29) is 22.2 Å². The first-order chi connectivity index (χ1) is 16.9. The second kappa shape index (κ2) is 9.91. The molecule has 1 aliphatic heterocycles. The van der Waals surface area contributed by atoms with Crippen molar-refractivity contribution in [2.45, 2.75) is 44.6 Å². The zero-order valence-electron chi connectivity index (χ0n) is 19.1. The molecule has 0 radical (unpaired) electrons. The van der Waals surface area contributed by atoms with Gasteiger partial charge in [0.15, 0.2) is 0 Å². The first kappa shape index (κ1) is 23.7. The van der Waals surface area contributed by atoms with E-state index in [0.29, 0.717) is 35.4 Å². The molecule has 0 unspecified atom stereocenters. The van der Waals surface area contributed by atoms with Crippen molar-refractivity contribution in [1.29, 1.82) is 0 Å². The van der Waals surface area contributed by atoms with Crippen LogP contribution < -0.4 is 5.32 Å². The molecule has 0 saturated carbocycles. The van der Waals surface area contributed by atoms with Gasteiger partial charge in [-0.25, -0.2) is 4.98 Å². The third-order valence-corrected chi connectivity index (χ3v) is 7.61. The first-order valence-electron chi connectivity index (χ1n) is 11.8. The van der Waals surface area contributed by atoms with Crippen molar-refractivity contribution in [2.24, 2.45) is 0 Å². The van der Waals surface area contributed by atoms with E-state index in [0.717, 1.165) is 25.7 Å². The van der Waals surface area contributed by atoms with Crippen LogP contribution in [0.5, 0.6) is 5.75 Å². The average Bonchev–Trinajstić information content (AvgIpc) is 3.30. The van der Waals surface area contributed by atoms with Gasteiger partial charge < -0.3 is 19.9 Å². The Morgan fingerprint density at radius 3 is 2.51 bits per heavy atom. The number of rotatable bonds is 4. The lowest BCUT2D eigenvalue weighted by atomic mass is 9.98. The largest absolute Gasteiger partial charge is 0.507 e. The summed E-state index contributed by atoms with van der Waals surface area (Å²) in [4.78, 5) is 32.0. The molecule has 0 atom stereocenters. The topological polar surface area (TPSA) is 87.5 Å². The molecule has 1 aliphatic carbocycles. The third kappa shape index (κ3) is 4.88. The normalized spacial score (nSPS) is 16.1. The van der Waals surface area contributed by atoms with Crippen molar-refractivity contribution in [3.8, 4) is 5.75 Å². The average molecular weight is 513 g/mol. The number of fused-ring (bicyclic) bond motifs is 1. The van der Waals surface area contributed by atoms with Gasteiger partial charge in [0, 0.05) is 42.1 Å². The number of nitrogens with one attached hydrogen (secondary N) is 1. The summed E-state index contributed by atoms with van der Waals surface area (Å²) in [6.07, 6.45) is 8.23. The third-order valence-electron chi connectivity index (χ3n) is 6.87. The molecule has 7 nitrogen and oxygen atoms in total. The van der Waals surface area contributed by atoms with Crippen molar-refractivity contribution >= 4 is 40.7 Å². The van der Waals surface area contributed by atoms with Crippen molar-refractivity contribution in [3.63, 3.8) is 0 Å². The van der Waals surface area contributed by atoms with Gasteiger partial charge in [0.1, 0.15) is 5.75 Å². The summed E-state index contributed by atoms with van der Waals surface area (Å²) in [7, 11) is 0. The molecular formula is C26H26Cl2N4O3. The van der Waals surface area contributed by atoms with Crippen LogP contribution in [0.25, 0.3) is 0 Å². The molecule has 2 heterocycles. The Balaban J connectivity index is 1.22. The Morgan fingerprint density at radius 1 is 1.00 bits per heavy atom. The summed E-state index contributed by atoms with van der Waals surface area (Å²) < 4.78 is 2.32. The van der Waals surface area contributed by atoms with Gasteiger partial charge in [0.2, 0.25) is 0 Å². The molecule has 182 valence electrons. The van der Waals surface area contributed by atoms with E-state index >= 15 is 0 Å². The van der Waals surface area contributed by atoms with Gasteiger partial charge in [0.05, 0.1) is 27.6 Å². The molecule has 9 heteroatoms. The van der Waals surface area contributed by atoms with Crippen molar-refractivity contribution in [3.05, 3.63) is 75.3 Å². The fourth-order valence-electron chi connectivity index (χ4n) is 4.96. The molecule has 35 heavy (non-hydrogen) atoms. The molecule has 1 fully saturated rings. The number of imidazole rings is 1. The number of aromatic nitrogens is 2. The molecule has 1 aromatic heterocycles. The van der Waals surface area contributed by atoms with Crippen LogP contribution in [0.15, 0.2) is 42.7 Å². The van der Waals surface area contributed by atoms with Crippen LogP contribution in [0.2, 0.25) is 10.0 Å². The van der Waals surface area contributed by atoms with E-state index in [4.69, 9.17) is 23.2 Å². The predicted molar refractivity (Wildman–Crippen MR) is 136 cm³/mol. The SMILES string of the molecule is O=C(Nc1ccc(C(=O)N2CCC(n3cnc4c3CCCC4)CC2)c(O)c1)c1ccc(Cl)c(Cl)c1. The van der Waals surface area contributed by atoms with Crippen LogP contribution in [0.1, 0.15) is 63.8 Å². The highest BCUT2D eigenvalue weighted by Gasteiger charge is 2.28.